The Morgan fingerprint density at radius 2 is 0.907 bits per heavy atom. The van der Waals surface area contributed by atoms with Crippen molar-refractivity contribution in [2.45, 2.75) is 130 Å². The van der Waals surface area contributed by atoms with Crippen LogP contribution in [0.5, 0.6) is 0 Å². The molecular formula is C48H74N2O4+2. The Labute approximate surface area is 329 Å². The highest BCUT2D eigenvalue weighted by Crippen LogP contribution is 2.25. The summed E-state index contributed by atoms with van der Waals surface area (Å²) in [5.41, 5.74) is 7.82. The minimum atomic E-state index is -0.0272. The lowest BCUT2D eigenvalue weighted by molar-refractivity contribution is -0.920. The molecule has 54 heavy (non-hydrogen) atoms. The summed E-state index contributed by atoms with van der Waals surface area (Å²) in [5.74, 6) is -0.0545. The minimum Gasteiger partial charge on any atom is -0.462 e. The number of carbonyl (C=O) groups excluding carboxylic acids is 2. The van der Waals surface area contributed by atoms with Crippen LogP contribution < -0.4 is 0 Å². The normalized spacial score (nSPS) is 17.3. The van der Waals surface area contributed by atoms with E-state index < -0.39 is 0 Å². The quantitative estimate of drug-likeness (QED) is 0.0492. The second kappa shape index (κ2) is 23.6. The number of esters is 2. The van der Waals surface area contributed by atoms with Crippen molar-refractivity contribution in [3.05, 3.63) is 83.0 Å². The number of hydrogen-bond acceptors (Lipinski definition) is 4. The van der Waals surface area contributed by atoms with E-state index in [2.05, 4.69) is 88.4 Å². The third-order valence-electron chi connectivity index (χ3n) is 11.8. The molecule has 0 saturated carbocycles. The smallest absolute Gasteiger partial charge is 0.361 e. The lowest BCUT2D eigenvalue weighted by Crippen LogP contribution is -2.54. The first kappa shape index (κ1) is 43.5. The van der Waals surface area contributed by atoms with Gasteiger partial charge in [0.05, 0.1) is 52.5 Å². The van der Waals surface area contributed by atoms with Crippen LogP contribution in [0.3, 0.4) is 0 Å². The molecule has 298 valence electrons. The Balaban J connectivity index is 1.26. The average molecular weight is 743 g/mol. The second-order valence-corrected chi connectivity index (χ2v) is 16.8. The molecule has 0 aromatic heterocycles. The van der Waals surface area contributed by atoms with E-state index in [1.807, 2.05) is 0 Å². The van der Waals surface area contributed by atoms with E-state index in [0.717, 1.165) is 86.8 Å². The number of rotatable bonds is 23. The van der Waals surface area contributed by atoms with Crippen molar-refractivity contribution in [2.24, 2.45) is 0 Å². The van der Waals surface area contributed by atoms with E-state index in [-0.39, 0.29) is 11.9 Å². The molecule has 0 amide bonds. The fraction of sp³-hybridized carbons (Fsp3) is 0.625. The molecule has 0 aliphatic carbocycles. The van der Waals surface area contributed by atoms with Crippen molar-refractivity contribution >= 4 is 11.9 Å². The van der Waals surface area contributed by atoms with Crippen LogP contribution in [0.1, 0.15) is 129 Å². The van der Waals surface area contributed by atoms with Crippen molar-refractivity contribution in [3.63, 3.8) is 0 Å². The number of likely N-dealkylation sites (tertiary alicyclic amines) is 2. The van der Waals surface area contributed by atoms with E-state index in [1.165, 1.54) is 97.6 Å². The number of allylic oxidation sites excluding steroid dienone is 2. The average Bonchev–Trinajstić information content (AvgIpc) is 3.18. The maximum atomic E-state index is 12.8. The van der Waals surface area contributed by atoms with Crippen molar-refractivity contribution in [2.75, 3.05) is 65.6 Å². The van der Waals surface area contributed by atoms with E-state index in [9.17, 15) is 9.59 Å². The number of piperidine rings is 2. The Hall–Kier alpha value is -3.22. The fourth-order valence-corrected chi connectivity index (χ4v) is 8.36. The third-order valence-corrected chi connectivity index (χ3v) is 11.8. The van der Waals surface area contributed by atoms with Crippen LogP contribution in [0.15, 0.2) is 71.8 Å². The van der Waals surface area contributed by atoms with E-state index in [1.54, 1.807) is 0 Å². The van der Waals surface area contributed by atoms with Gasteiger partial charge in [-0.25, -0.2) is 9.59 Å². The number of benzene rings is 2. The highest BCUT2D eigenvalue weighted by molar-refractivity contribution is 5.71. The van der Waals surface area contributed by atoms with Crippen LogP contribution >= 0.6 is 0 Å². The van der Waals surface area contributed by atoms with Gasteiger partial charge in [0.25, 0.3) is 0 Å². The molecule has 2 aromatic carbocycles. The molecule has 0 atom stereocenters. The molecule has 0 N–H and O–H groups in total. The SMILES string of the molecule is CCCCCCOC(=O)C[N+]1(C/C=C(/C)Cc2ccc(-c3ccc(C/C(C)=C\C[N+]4(CC(=O)OCCCCCC)CCCCC4)cc3)cc2)CCCCC1. The second-order valence-electron chi connectivity index (χ2n) is 16.8. The number of quaternary nitrogens is 2. The molecular weight excluding hydrogens is 669 g/mol. The van der Waals surface area contributed by atoms with Crippen LogP contribution in [-0.2, 0) is 31.9 Å². The fourth-order valence-electron chi connectivity index (χ4n) is 8.36. The highest BCUT2D eigenvalue weighted by Gasteiger charge is 2.33. The van der Waals surface area contributed by atoms with Gasteiger partial charge in [0.15, 0.2) is 13.1 Å². The lowest BCUT2D eigenvalue weighted by atomic mass is 9.98. The first-order chi connectivity index (χ1) is 26.2. The largest absolute Gasteiger partial charge is 0.462 e. The topological polar surface area (TPSA) is 52.6 Å². The summed E-state index contributed by atoms with van der Waals surface area (Å²) < 4.78 is 13.0. The Morgan fingerprint density at radius 3 is 1.26 bits per heavy atom. The van der Waals surface area contributed by atoms with E-state index in [4.69, 9.17) is 9.47 Å². The van der Waals surface area contributed by atoms with Gasteiger partial charge in [-0.2, -0.15) is 0 Å². The van der Waals surface area contributed by atoms with E-state index >= 15 is 0 Å². The first-order valence-corrected chi connectivity index (χ1v) is 21.7. The molecule has 0 radical (unpaired) electrons. The molecule has 2 aliphatic rings. The molecule has 2 saturated heterocycles. The summed E-state index contributed by atoms with van der Waals surface area (Å²) in [4.78, 5) is 25.6. The molecule has 0 unspecified atom stereocenters. The monoisotopic (exact) mass is 743 g/mol. The zero-order valence-corrected chi connectivity index (χ0v) is 34.7. The third kappa shape index (κ3) is 15.5. The van der Waals surface area contributed by atoms with Crippen molar-refractivity contribution < 1.29 is 28.0 Å². The Kier molecular flexibility index (Phi) is 19.0. The molecule has 2 heterocycles. The number of hydrogen-bond donors (Lipinski definition) is 0. The van der Waals surface area contributed by atoms with Gasteiger partial charge < -0.3 is 18.4 Å². The number of unbranched alkanes of at least 4 members (excludes halogenated alkanes) is 6. The van der Waals surface area contributed by atoms with Crippen LogP contribution in [0.2, 0.25) is 0 Å². The lowest BCUT2D eigenvalue weighted by Gasteiger charge is -2.40. The van der Waals surface area contributed by atoms with Crippen LogP contribution in [0, 0.1) is 0 Å². The summed E-state index contributed by atoms with van der Waals surface area (Å²) >= 11 is 0. The summed E-state index contributed by atoms with van der Waals surface area (Å²) in [6.45, 7) is 17.1. The summed E-state index contributed by atoms with van der Waals surface area (Å²) in [7, 11) is 0. The summed E-state index contributed by atoms with van der Waals surface area (Å²) in [6, 6.07) is 18.0. The number of nitrogens with zero attached hydrogens (tertiary/aromatic N) is 2. The van der Waals surface area contributed by atoms with Gasteiger partial charge in [-0.05, 0) is 112 Å². The van der Waals surface area contributed by atoms with Gasteiger partial charge in [0, 0.05) is 0 Å². The van der Waals surface area contributed by atoms with Gasteiger partial charge in [0.2, 0.25) is 0 Å². The molecule has 6 nitrogen and oxygen atoms in total. The van der Waals surface area contributed by atoms with Crippen LogP contribution in [0.25, 0.3) is 11.1 Å². The van der Waals surface area contributed by atoms with Crippen molar-refractivity contribution in [3.8, 4) is 11.1 Å². The Bertz CT molecular complexity index is 1340. The van der Waals surface area contributed by atoms with Gasteiger partial charge in [-0.15, -0.1) is 0 Å². The van der Waals surface area contributed by atoms with Gasteiger partial charge in [0.1, 0.15) is 0 Å². The molecule has 2 aromatic rings. The maximum absolute atomic E-state index is 12.8. The molecule has 0 spiro atoms. The van der Waals surface area contributed by atoms with E-state index in [0.29, 0.717) is 26.3 Å². The zero-order chi connectivity index (χ0) is 38.5. The van der Waals surface area contributed by atoms with Crippen LogP contribution in [-0.4, -0.2) is 86.5 Å². The van der Waals surface area contributed by atoms with Gasteiger partial charge in [-0.1, -0.05) is 112 Å². The first-order valence-electron chi connectivity index (χ1n) is 21.7. The molecule has 6 heteroatoms. The minimum absolute atomic E-state index is 0.0272. The predicted molar refractivity (Wildman–Crippen MR) is 224 cm³/mol. The predicted octanol–water partition coefficient (Wildman–Crippen LogP) is 10.6. The standard InChI is InChI=1S/C48H74N2O4/c1-5-7-9-17-35-53-47(51)39-49(29-13-11-14-30-49)33-27-41(3)37-43-19-23-45(24-20-43)46-25-21-44(22-26-46)38-42(4)28-34-50(31-15-12-16-32-50)40-48(52)54-36-18-10-8-6-2/h19-28H,5-18,29-40H2,1-4H3/q+2/b41-27-,42-28-. The number of ether oxygens (including phenoxy) is 2. The Morgan fingerprint density at radius 1 is 0.537 bits per heavy atom. The maximum Gasteiger partial charge on any atom is 0.361 e. The number of carbonyl (C=O) groups is 2. The summed E-state index contributed by atoms with van der Waals surface area (Å²) in [5, 5.41) is 0. The van der Waals surface area contributed by atoms with Crippen molar-refractivity contribution in [1.29, 1.82) is 0 Å². The van der Waals surface area contributed by atoms with Crippen LogP contribution in [0.4, 0.5) is 0 Å². The highest BCUT2D eigenvalue weighted by atomic mass is 16.5. The molecule has 2 aliphatic heterocycles. The molecule has 2 fully saturated rings. The molecule has 4 rings (SSSR count). The van der Waals surface area contributed by atoms with Gasteiger partial charge >= 0.3 is 11.9 Å². The zero-order valence-electron chi connectivity index (χ0n) is 34.7. The van der Waals surface area contributed by atoms with Gasteiger partial charge in [-0.3, -0.25) is 0 Å². The summed E-state index contributed by atoms with van der Waals surface area (Å²) in [6.07, 6.45) is 22.9. The van der Waals surface area contributed by atoms with Crippen molar-refractivity contribution in [1.82, 2.24) is 0 Å². The molecule has 0 bridgehead atoms.